The van der Waals surface area contributed by atoms with Gasteiger partial charge in [0, 0.05) is 21.7 Å². The zero-order valence-corrected chi connectivity index (χ0v) is 16.6. The molecular weight excluding hydrogens is 404 g/mol. The Balaban J connectivity index is 1.92. The highest BCUT2D eigenvalue weighted by Gasteiger charge is 2.20. The summed E-state index contributed by atoms with van der Waals surface area (Å²) in [5, 5.41) is 0.143. The lowest BCUT2D eigenvalue weighted by Crippen LogP contribution is -2.09. The summed E-state index contributed by atoms with van der Waals surface area (Å²) in [6.07, 6.45) is 0.778. The maximum Gasteiger partial charge on any atom is 0.258 e. The van der Waals surface area contributed by atoms with E-state index in [1.54, 1.807) is 31.2 Å². The highest BCUT2D eigenvalue weighted by atomic mass is 35.5. The molecule has 0 fully saturated rings. The quantitative estimate of drug-likeness (QED) is 0.435. The second kappa shape index (κ2) is 8.12. The smallest absolute Gasteiger partial charge is 0.258 e. The Morgan fingerprint density at radius 3 is 2.50 bits per heavy atom. The fourth-order valence-electron chi connectivity index (χ4n) is 2.62. The van der Waals surface area contributed by atoms with Gasteiger partial charge < -0.3 is 10.5 Å². The minimum Gasteiger partial charge on any atom is -0.467 e. The SMILES string of the molecule is CC(=O)c1ccc(-c2cnc(N)c(OC(C)c3c(Cl)ccc(F)c3Cl)n2)cc1. The molecule has 3 aromatic rings. The van der Waals surface area contributed by atoms with Crippen molar-refractivity contribution in [3.05, 3.63) is 69.6 Å². The Morgan fingerprint density at radius 2 is 1.86 bits per heavy atom. The third kappa shape index (κ3) is 4.08. The summed E-state index contributed by atoms with van der Waals surface area (Å²) in [4.78, 5) is 19.9. The summed E-state index contributed by atoms with van der Waals surface area (Å²) in [5.74, 6) is -0.497. The van der Waals surface area contributed by atoms with Crippen LogP contribution in [0.5, 0.6) is 5.88 Å². The summed E-state index contributed by atoms with van der Waals surface area (Å²) in [6, 6.07) is 9.49. The monoisotopic (exact) mass is 419 g/mol. The molecule has 0 spiro atoms. The minimum atomic E-state index is -0.720. The van der Waals surface area contributed by atoms with Gasteiger partial charge in [0.1, 0.15) is 11.9 Å². The van der Waals surface area contributed by atoms with Gasteiger partial charge in [-0.1, -0.05) is 47.5 Å². The Kier molecular flexibility index (Phi) is 5.82. The van der Waals surface area contributed by atoms with Crippen LogP contribution in [0.4, 0.5) is 10.2 Å². The first kappa shape index (κ1) is 20.0. The molecule has 8 heteroatoms. The van der Waals surface area contributed by atoms with Gasteiger partial charge in [0.05, 0.1) is 16.9 Å². The molecule has 0 radical (unpaired) electrons. The van der Waals surface area contributed by atoms with Gasteiger partial charge in [-0.3, -0.25) is 4.79 Å². The van der Waals surface area contributed by atoms with E-state index in [1.165, 1.54) is 25.3 Å². The number of carbonyl (C=O) groups excluding carboxylic acids is 1. The number of nitrogens with two attached hydrogens (primary N) is 1. The molecule has 1 unspecified atom stereocenters. The predicted molar refractivity (Wildman–Crippen MR) is 107 cm³/mol. The molecule has 5 nitrogen and oxygen atoms in total. The van der Waals surface area contributed by atoms with E-state index in [0.717, 1.165) is 5.56 Å². The molecule has 0 saturated heterocycles. The molecule has 3 rings (SSSR count). The number of Topliss-reactive ketones (excluding diaryl/α,β-unsaturated/α-hetero) is 1. The molecule has 2 aromatic carbocycles. The van der Waals surface area contributed by atoms with Crippen LogP contribution in [0.3, 0.4) is 0 Å². The van der Waals surface area contributed by atoms with Gasteiger partial charge in [-0.05, 0) is 26.0 Å². The van der Waals surface area contributed by atoms with Gasteiger partial charge in [0.2, 0.25) is 0 Å². The highest BCUT2D eigenvalue weighted by molar-refractivity contribution is 6.36. The second-order valence-electron chi connectivity index (χ2n) is 6.10. The van der Waals surface area contributed by atoms with Crippen LogP contribution < -0.4 is 10.5 Å². The minimum absolute atomic E-state index is 0.0309. The molecule has 1 heterocycles. The van der Waals surface area contributed by atoms with Gasteiger partial charge in [-0.25, -0.2) is 14.4 Å². The molecule has 0 aliphatic rings. The lowest BCUT2D eigenvalue weighted by Gasteiger charge is -2.18. The first-order chi connectivity index (χ1) is 13.3. The number of halogens is 3. The average Bonchev–Trinajstić information content (AvgIpc) is 2.67. The van der Waals surface area contributed by atoms with Crippen molar-refractivity contribution in [1.82, 2.24) is 9.97 Å². The van der Waals surface area contributed by atoms with Crippen LogP contribution in [0, 0.1) is 5.82 Å². The van der Waals surface area contributed by atoms with Crippen molar-refractivity contribution in [2.75, 3.05) is 5.73 Å². The van der Waals surface area contributed by atoms with Crippen molar-refractivity contribution in [2.24, 2.45) is 0 Å². The molecule has 28 heavy (non-hydrogen) atoms. The fourth-order valence-corrected chi connectivity index (χ4v) is 3.30. The van der Waals surface area contributed by atoms with E-state index in [2.05, 4.69) is 9.97 Å². The number of hydrogen-bond acceptors (Lipinski definition) is 5. The number of ether oxygens (including phenoxy) is 1. The van der Waals surface area contributed by atoms with Crippen LogP contribution in [-0.2, 0) is 0 Å². The number of hydrogen-bond donors (Lipinski definition) is 1. The van der Waals surface area contributed by atoms with Crippen molar-refractivity contribution in [3.8, 4) is 17.1 Å². The lowest BCUT2D eigenvalue weighted by atomic mass is 10.1. The lowest BCUT2D eigenvalue weighted by molar-refractivity contribution is 0.101. The fraction of sp³-hybridized carbons (Fsp3) is 0.150. The van der Waals surface area contributed by atoms with Gasteiger partial charge in [-0.15, -0.1) is 0 Å². The number of carbonyl (C=O) groups is 1. The van der Waals surface area contributed by atoms with E-state index >= 15 is 0 Å². The second-order valence-corrected chi connectivity index (χ2v) is 6.88. The number of benzene rings is 2. The molecule has 0 bridgehead atoms. The molecule has 2 N–H and O–H groups in total. The number of nitrogen functional groups attached to an aromatic ring is 1. The number of aromatic nitrogens is 2. The Bertz CT molecular complexity index is 1040. The number of anilines is 1. The maximum absolute atomic E-state index is 13.8. The van der Waals surface area contributed by atoms with E-state index in [-0.39, 0.29) is 27.5 Å². The van der Waals surface area contributed by atoms with Crippen molar-refractivity contribution in [2.45, 2.75) is 20.0 Å². The van der Waals surface area contributed by atoms with Crippen LogP contribution in [0.25, 0.3) is 11.3 Å². The summed E-state index contributed by atoms with van der Waals surface area (Å²) in [5.41, 5.74) is 8.00. The van der Waals surface area contributed by atoms with Crippen molar-refractivity contribution < 1.29 is 13.9 Å². The van der Waals surface area contributed by atoms with Gasteiger partial charge in [0.15, 0.2) is 11.6 Å². The largest absolute Gasteiger partial charge is 0.467 e. The number of ketones is 1. The third-order valence-electron chi connectivity index (χ3n) is 4.13. The summed E-state index contributed by atoms with van der Waals surface area (Å²) >= 11 is 12.2. The molecule has 1 aromatic heterocycles. The number of rotatable bonds is 5. The van der Waals surface area contributed by atoms with E-state index in [1.807, 2.05) is 0 Å². The Labute approximate surface area is 171 Å². The molecule has 144 valence electrons. The summed E-state index contributed by atoms with van der Waals surface area (Å²) < 4.78 is 19.6. The Hall–Kier alpha value is -2.70. The van der Waals surface area contributed by atoms with E-state index < -0.39 is 11.9 Å². The van der Waals surface area contributed by atoms with Gasteiger partial charge in [-0.2, -0.15) is 0 Å². The molecule has 0 aliphatic heterocycles. The van der Waals surface area contributed by atoms with Gasteiger partial charge >= 0.3 is 0 Å². The Morgan fingerprint density at radius 1 is 1.18 bits per heavy atom. The average molecular weight is 420 g/mol. The van der Waals surface area contributed by atoms with Crippen molar-refractivity contribution in [3.63, 3.8) is 0 Å². The van der Waals surface area contributed by atoms with E-state index in [0.29, 0.717) is 16.8 Å². The molecule has 1 atom stereocenters. The van der Waals surface area contributed by atoms with Crippen LogP contribution in [0.1, 0.15) is 35.9 Å². The highest BCUT2D eigenvalue weighted by Crippen LogP contribution is 2.35. The van der Waals surface area contributed by atoms with Crippen LogP contribution in [0.15, 0.2) is 42.6 Å². The van der Waals surface area contributed by atoms with E-state index in [4.69, 9.17) is 33.7 Å². The standard InChI is InChI=1S/C20H16Cl2FN3O2/c1-10(27)12-3-5-13(6-4-12)16-9-25-19(24)20(26-16)28-11(2)17-14(21)7-8-15(23)18(17)22/h3-9,11H,1-2H3,(H2,24,25). The van der Waals surface area contributed by atoms with Crippen LogP contribution in [0.2, 0.25) is 10.0 Å². The zero-order chi connectivity index (χ0) is 20.4. The van der Waals surface area contributed by atoms with Crippen LogP contribution in [-0.4, -0.2) is 15.8 Å². The molecule has 0 aliphatic carbocycles. The maximum atomic E-state index is 13.8. The topological polar surface area (TPSA) is 78.1 Å². The first-order valence-corrected chi connectivity index (χ1v) is 9.07. The van der Waals surface area contributed by atoms with Crippen molar-refractivity contribution in [1.29, 1.82) is 0 Å². The van der Waals surface area contributed by atoms with Gasteiger partial charge in [0.25, 0.3) is 5.88 Å². The van der Waals surface area contributed by atoms with Crippen molar-refractivity contribution >= 4 is 34.8 Å². The molecular formula is C20H16Cl2FN3O2. The normalized spacial score (nSPS) is 11.9. The molecule has 0 saturated carbocycles. The molecule has 0 amide bonds. The number of nitrogens with zero attached hydrogens (tertiary/aromatic N) is 2. The zero-order valence-electron chi connectivity index (χ0n) is 15.0. The van der Waals surface area contributed by atoms with Crippen LogP contribution >= 0.6 is 23.2 Å². The summed E-state index contributed by atoms with van der Waals surface area (Å²) in [7, 11) is 0. The summed E-state index contributed by atoms with van der Waals surface area (Å²) in [6.45, 7) is 3.15. The van der Waals surface area contributed by atoms with E-state index in [9.17, 15) is 9.18 Å². The third-order valence-corrected chi connectivity index (χ3v) is 4.84. The first-order valence-electron chi connectivity index (χ1n) is 8.32. The predicted octanol–water partition coefficient (Wildman–Crippen LogP) is 5.51.